The molecule has 0 aliphatic heterocycles. The van der Waals surface area contributed by atoms with Crippen LogP contribution in [0.1, 0.15) is 52.4 Å². The van der Waals surface area contributed by atoms with E-state index in [1.54, 1.807) is 14.0 Å². The Morgan fingerprint density at radius 2 is 2.05 bits per heavy atom. The molecule has 0 spiro atoms. The van der Waals surface area contributed by atoms with E-state index < -0.39 is 12.0 Å². The van der Waals surface area contributed by atoms with Gasteiger partial charge >= 0.3 is 12.0 Å². The van der Waals surface area contributed by atoms with Gasteiger partial charge in [-0.15, -0.1) is 0 Å². The summed E-state index contributed by atoms with van der Waals surface area (Å²) >= 11 is 0. The van der Waals surface area contributed by atoms with Gasteiger partial charge in [-0.05, 0) is 25.2 Å². The van der Waals surface area contributed by atoms with E-state index in [0.29, 0.717) is 12.3 Å². The molecule has 0 bridgehead atoms. The Bertz CT molecular complexity index is 320. The van der Waals surface area contributed by atoms with Crippen LogP contribution < -0.4 is 5.32 Å². The molecule has 0 heterocycles. The smallest absolute Gasteiger partial charge is 0.326 e. The molecule has 1 aliphatic carbocycles. The zero-order chi connectivity index (χ0) is 14.4. The van der Waals surface area contributed by atoms with Gasteiger partial charge in [-0.3, -0.25) is 0 Å². The summed E-state index contributed by atoms with van der Waals surface area (Å²) < 4.78 is 0. The molecule has 110 valence electrons. The van der Waals surface area contributed by atoms with Crippen molar-refractivity contribution in [2.75, 3.05) is 7.05 Å². The quantitative estimate of drug-likeness (QED) is 0.806. The number of hydrogen-bond acceptors (Lipinski definition) is 2. The first-order chi connectivity index (χ1) is 8.99. The number of carbonyl (C=O) groups is 2. The summed E-state index contributed by atoms with van der Waals surface area (Å²) in [7, 11) is 1.55. The average Bonchev–Trinajstić information content (AvgIpc) is 2.39. The molecule has 19 heavy (non-hydrogen) atoms. The van der Waals surface area contributed by atoms with Crippen molar-refractivity contribution < 1.29 is 14.7 Å². The Labute approximate surface area is 115 Å². The lowest BCUT2D eigenvalue weighted by Crippen LogP contribution is -2.50. The normalized spacial score (nSPS) is 24.6. The number of urea groups is 1. The van der Waals surface area contributed by atoms with Crippen molar-refractivity contribution in [2.24, 2.45) is 5.92 Å². The Balaban J connectivity index is 2.51. The molecule has 3 unspecified atom stereocenters. The zero-order valence-electron chi connectivity index (χ0n) is 12.2. The second-order valence-corrected chi connectivity index (χ2v) is 5.46. The number of likely N-dealkylation sites (N-methyl/N-ethyl adjacent to an activating group) is 1. The molecule has 1 saturated carbocycles. The fraction of sp³-hybridized carbons (Fsp3) is 0.857. The van der Waals surface area contributed by atoms with Gasteiger partial charge in [0, 0.05) is 13.1 Å². The molecule has 2 amide bonds. The number of amides is 2. The van der Waals surface area contributed by atoms with Gasteiger partial charge in [0.25, 0.3) is 0 Å². The molecule has 0 aromatic heterocycles. The number of carboxylic acid groups (broad SMARTS) is 1. The second kappa shape index (κ2) is 7.36. The SMILES string of the molecule is CCC1CCCC(NC(=O)N(C)C(CC)C(=O)O)C1. The number of hydrogen-bond donors (Lipinski definition) is 2. The Hall–Kier alpha value is -1.26. The van der Waals surface area contributed by atoms with E-state index >= 15 is 0 Å². The minimum atomic E-state index is -0.949. The fourth-order valence-corrected chi connectivity index (χ4v) is 2.82. The molecular formula is C14H26N2O3. The van der Waals surface area contributed by atoms with Crippen LogP contribution in [0.4, 0.5) is 4.79 Å². The summed E-state index contributed by atoms with van der Waals surface area (Å²) in [5, 5.41) is 12.0. The lowest BCUT2D eigenvalue weighted by Gasteiger charge is -2.32. The number of carbonyl (C=O) groups excluding carboxylic acids is 1. The first kappa shape index (κ1) is 15.8. The van der Waals surface area contributed by atoms with E-state index in [9.17, 15) is 9.59 Å². The van der Waals surface area contributed by atoms with Gasteiger partial charge in [-0.1, -0.05) is 33.1 Å². The Morgan fingerprint density at radius 3 is 2.58 bits per heavy atom. The van der Waals surface area contributed by atoms with Crippen LogP contribution in [0, 0.1) is 5.92 Å². The number of aliphatic carboxylic acids is 1. The van der Waals surface area contributed by atoms with Gasteiger partial charge in [0.2, 0.25) is 0 Å². The van der Waals surface area contributed by atoms with Crippen LogP contribution in [-0.2, 0) is 4.79 Å². The molecule has 0 radical (unpaired) electrons. The van der Waals surface area contributed by atoms with Gasteiger partial charge in [0.15, 0.2) is 0 Å². The first-order valence-corrected chi connectivity index (χ1v) is 7.25. The molecule has 2 N–H and O–H groups in total. The maximum atomic E-state index is 12.1. The van der Waals surface area contributed by atoms with Gasteiger partial charge in [-0.2, -0.15) is 0 Å². The van der Waals surface area contributed by atoms with E-state index in [-0.39, 0.29) is 12.1 Å². The van der Waals surface area contributed by atoms with Crippen molar-refractivity contribution in [3.63, 3.8) is 0 Å². The minimum absolute atomic E-state index is 0.194. The summed E-state index contributed by atoms with van der Waals surface area (Å²) in [6.45, 7) is 3.95. The summed E-state index contributed by atoms with van der Waals surface area (Å²) in [5.41, 5.74) is 0. The van der Waals surface area contributed by atoms with E-state index in [2.05, 4.69) is 12.2 Å². The Morgan fingerprint density at radius 1 is 1.37 bits per heavy atom. The van der Waals surface area contributed by atoms with Crippen LogP contribution in [0.5, 0.6) is 0 Å². The van der Waals surface area contributed by atoms with Crippen LogP contribution >= 0.6 is 0 Å². The zero-order valence-corrected chi connectivity index (χ0v) is 12.2. The highest BCUT2D eigenvalue weighted by molar-refractivity contribution is 5.82. The lowest BCUT2D eigenvalue weighted by molar-refractivity contribution is -0.141. The maximum absolute atomic E-state index is 12.1. The highest BCUT2D eigenvalue weighted by atomic mass is 16.4. The van der Waals surface area contributed by atoms with Gasteiger partial charge in [0.05, 0.1) is 0 Å². The van der Waals surface area contributed by atoms with Crippen LogP contribution in [0.15, 0.2) is 0 Å². The van der Waals surface area contributed by atoms with Gasteiger partial charge in [0.1, 0.15) is 6.04 Å². The predicted octanol–water partition coefficient (Wildman–Crippen LogP) is 2.46. The monoisotopic (exact) mass is 270 g/mol. The van der Waals surface area contributed by atoms with Gasteiger partial charge in [-0.25, -0.2) is 9.59 Å². The standard InChI is InChI=1S/C14H26N2O3/c1-4-10-7-6-8-11(9-10)15-14(19)16(3)12(5-2)13(17)18/h10-12H,4-9H2,1-3H3,(H,15,19)(H,17,18). The van der Waals surface area contributed by atoms with Crippen molar-refractivity contribution in [1.82, 2.24) is 10.2 Å². The molecule has 5 nitrogen and oxygen atoms in total. The highest BCUT2D eigenvalue weighted by Gasteiger charge is 2.28. The fourth-order valence-electron chi connectivity index (χ4n) is 2.82. The van der Waals surface area contributed by atoms with E-state index in [1.807, 2.05) is 0 Å². The highest BCUT2D eigenvalue weighted by Crippen LogP contribution is 2.26. The lowest BCUT2D eigenvalue weighted by atomic mass is 9.84. The molecule has 0 aromatic carbocycles. The third-order valence-electron chi connectivity index (χ3n) is 4.15. The van der Waals surface area contributed by atoms with Crippen LogP contribution in [0.3, 0.4) is 0 Å². The predicted molar refractivity (Wildman–Crippen MR) is 74.0 cm³/mol. The topological polar surface area (TPSA) is 69.6 Å². The Kier molecular flexibility index (Phi) is 6.12. The number of rotatable bonds is 5. The third-order valence-corrected chi connectivity index (χ3v) is 4.15. The van der Waals surface area contributed by atoms with Crippen molar-refractivity contribution in [3.8, 4) is 0 Å². The van der Waals surface area contributed by atoms with Crippen molar-refractivity contribution >= 4 is 12.0 Å². The second-order valence-electron chi connectivity index (χ2n) is 5.46. The molecule has 0 saturated heterocycles. The summed E-state index contributed by atoms with van der Waals surface area (Å²) in [4.78, 5) is 24.4. The summed E-state index contributed by atoms with van der Waals surface area (Å²) in [5.74, 6) is -0.263. The van der Waals surface area contributed by atoms with Crippen molar-refractivity contribution in [3.05, 3.63) is 0 Å². The average molecular weight is 270 g/mol. The van der Waals surface area contributed by atoms with E-state index in [0.717, 1.165) is 25.7 Å². The van der Waals surface area contributed by atoms with E-state index in [1.165, 1.54) is 11.3 Å². The molecule has 3 atom stereocenters. The largest absolute Gasteiger partial charge is 0.480 e. The summed E-state index contributed by atoms with van der Waals surface area (Å²) in [6, 6.07) is -0.818. The maximum Gasteiger partial charge on any atom is 0.326 e. The summed E-state index contributed by atoms with van der Waals surface area (Å²) in [6.07, 6.45) is 5.96. The number of carboxylic acids is 1. The molecule has 1 rings (SSSR count). The number of nitrogens with zero attached hydrogens (tertiary/aromatic N) is 1. The van der Waals surface area contributed by atoms with Crippen molar-refractivity contribution in [2.45, 2.75) is 64.5 Å². The number of nitrogens with one attached hydrogen (secondary N) is 1. The molecular weight excluding hydrogens is 244 g/mol. The van der Waals surface area contributed by atoms with E-state index in [4.69, 9.17) is 5.11 Å². The third kappa shape index (κ3) is 4.40. The van der Waals surface area contributed by atoms with Crippen molar-refractivity contribution in [1.29, 1.82) is 0 Å². The minimum Gasteiger partial charge on any atom is -0.480 e. The molecule has 0 aromatic rings. The molecule has 1 fully saturated rings. The van der Waals surface area contributed by atoms with Gasteiger partial charge < -0.3 is 15.3 Å². The first-order valence-electron chi connectivity index (χ1n) is 7.25. The van der Waals surface area contributed by atoms with Crippen LogP contribution in [0.2, 0.25) is 0 Å². The van der Waals surface area contributed by atoms with Crippen LogP contribution in [0.25, 0.3) is 0 Å². The van der Waals surface area contributed by atoms with Crippen LogP contribution in [-0.4, -0.2) is 41.1 Å². The molecule has 5 heteroatoms. The molecule has 1 aliphatic rings.